The Bertz CT molecular complexity index is 1150. The maximum Gasteiger partial charge on any atom is 0.255 e. The van der Waals surface area contributed by atoms with Crippen LogP contribution in [-0.2, 0) is 0 Å². The van der Waals surface area contributed by atoms with E-state index in [-0.39, 0.29) is 22.6 Å². The number of ether oxygens (including phenoxy) is 1. The molecule has 1 atom stereocenters. The SMILES string of the molecule is CC1(Oc2cc3cc[nH]c(=O)c3cc2Cl)CCC(C2CC2)([C@@H](N)c2ccccc2)CC1. The summed E-state index contributed by atoms with van der Waals surface area (Å²) in [6.07, 6.45) is 8.19. The van der Waals surface area contributed by atoms with Crippen molar-refractivity contribution in [2.75, 3.05) is 0 Å². The highest BCUT2D eigenvalue weighted by Crippen LogP contribution is 2.60. The van der Waals surface area contributed by atoms with Gasteiger partial charge >= 0.3 is 0 Å². The highest BCUT2D eigenvalue weighted by Gasteiger charge is 2.53. The third kappa shape index (κ3) is 3.77. The van der Waals surface area contributed by atoms with E-state index >= 15 is 0 Å². The monoisotopic (exact) mass is 436 g/mol. The molecule has 0 radical (unpaired) electrons. The topological polar surface area (TPSA) is 68.1 Å². The molecule has 1 heterocycles. The molecule has 4 nitrogen and oxygen atoms in total. The zero-order valence-electron chi connectivity index (χ0n) is 17.9. The third-order valence-corrected chi connectivity index (χ3v) is 7.88. The van der Waals surface area contributed by atoms with Crippen LogP contribution in [-0.4, -0.2) is 10.6 Å². The van der Waals surface area contributed by atoms with E-state index in [0.717, 1.165) is 31.1 Å². The smallest absolute Gasteiger partial charge is 0.255 e. The number of nitrogens with two attached hydrogens (primary N) is 1. The molecule has 2 saturated carbocycles. The standard InChI is InChI=1S/C26H29ClN2O2/c1-25(31-22-15-18-9-14-29-24(30)20(18)16-21(22)27)10-12-26(13-11-25,19-7-8-19)23(28)17-5-3-2-4-6-17/h2-6,9,14-16,19,23H,7-8,10-13,28H2,1H3,(H,29,30)/t23-,25?,26?/m0/s1. The van der Waals surface area contributed by atoms with E-state index in [9.17, 15) is 4.79 Å². The van der Waals surface area contributed by atoms with E-state index in [0.29, 0.717) is 22.1 Å². The highest BCUT2D eigenvalue weighted by atomic mass is 35.5. The number of H-pyrrole nitrogens is 1. The van der Waals surface area contributed by atoms with Crippen molar-refractivity contribution in [2.24, 2.45) is 17.1 Å². The van der Waals surface area contributed by atoms with Gasteiger partial charge in [-0.25, -0.2) is 0 Å². The molecule has 0 aliphatic heterocycles. The van der Waals surface area contributed by atoms with E-state index in [2.05, 4.69) is 36.2 Å². The van der Waals surface area contributed by atoms with Crippen LogP contribution in [0.3, 0.4) is 0 Å². The second-order valence-corrected chi connectivity index (χ2v) is 10.0. The number of aromatic nitrogens is 1. The van der Waals surface area contributed by atoms with Crippen LogP contribution in [0.4, 0.5) is 0 Å². The molecule has 162 valence electrons. The van der Waals surface area contributed by atoms with Gasteiger partial charge in [-0.05, 0) is 85.9 Å². The van der Waals surface area contributed by atoms with Crippen LogP contribution in [0.1, 0.15) is 57.1 Å². The number of nitrogens with one attached hydrogen (secondary N) is 1. The fourth-order valence-corrected chi connectivity index (χ4v) is 5.70. The molecular formula is C26H29ClN2O2. The minimum Gasteiger partial charge on any atom is -0.486 e. The minimum absolute atomic E-state index is 0.0572. The first-order valence-corrected chi connectivity index (χ1v) is 11.6. The first-order valence-electron chi connectivity index (χ1n) is 11.2. The third-order valence-electron chi connectivity index (χ3n) is 7.59. The number of hydrogen-bond donors (Lipinski definition) is 2. The first-order chi connectivity index (χ1) is 14.9. The zero-order chi connectivity index (χ0) is 21.6. The van der Waals surface area contributed by atoms with Crippen molar-refractivity contribution in [1.82, 2.24) is 4.98 Å². The molecule has 2 fully saturated rings. The Balaban J connectivity index is 1.38. The van der Waals surface area contributed by atoms with Gasteiger partial charge in [0.25, 0.3) is 5.56 Å². The van der Waals surface area contributed by atoms with Crippen molar-refractivity contribution in [3.63, 3.8) is 0 Å². The number of rotatable bonds is 5. The molecule has 31 heavy (non-hydrogen) atoms. The summed E-state index contributed by atoms with van der Waals surface area (Å²) in [6, 6.07) is 16.1. The number of halogens is 1. The molecule has 2 aliphatic carbocycles. The van der Waals surface area contributed by atoms with Crippen LogP contribution >= 0.6 is 11.6 Å². The summed E-state index contributed by atoms with van der Waals surface area (Å²) in [6.45, 7) is 2.18. The summed E-state index contributed by atoms with van der Waals surface area (Å²) in [5.41, 5.74) is 7.84. The van der Waals surface area contributed by atoms with Crippen LogP contribution in [0.2, 0.25) is 5.02 Å². The summed E-state index contributed by atoms with van der Waals surface area (Å²) in [5.74, 6) is 1.36. The van der Waals surface area contributed by atoms with Crippen LogP contribution in [0.25, 0.3) is 10.8 Å². The molecule has 0 amide bonds. The Morgan fingerprint density at radius 2 is 1.81 bits per heavy atom. The Morgan fingerprint density at radius 1 is 1.10 bits per heavy atom. The number of aromatic amines is 1. The van der Waals surface area contributed by atoms with Gasteiger partial charge in [0, 0.05) is 17.6 Å². The number of hydrogen-bond acceptors (Lipinski definition) is 3. The summed E-state index contributed by atoms with van der Waals surface area (Å²) in [7, 11) is 0. The van der Waals surface area contributed by atoms with Crippen LogP contribution < -0.4 is 16.0 Å². The molecule has 3 N–H and O–H groups in total. The van der Waals surface area contributed by atoms with E-state index in [1.165, 1.54) is 18.4 Å². The van der Waals surface area contributed by atoms with Crippen LogP contribution in [0.5, 0.6) is 5.75 Å². The van der Waals surface area contributed by atoms with Crippen molar-refractivity contribution in [1.29, 1.82) is 0 Å². The molecule has 0 bridgehead atoms. The summed E-state index contributed by atoms with van der Waals surface area (Å²) in [5, 5.41) is 1.89. The van der Waals surface area contributed by atoms with Gasteiger partial charge in [0.05, 0.1) is 5.02 Å². The van der Waals surface area contributed by atoms with Gasteiger partial charge in [-0.3, -0.25) is 4.79 Å². The fourth-order valence-electron chi connectivity index (χ4n) is 5.50. The minimum atomic E-state index is -0.298. The van der Waals surface area contributed by atoms with Gasteiger partial charge in [0.2, 0.25) is 0 Å². The Morgan fingerprint density at radius 3 is 2.48 bits per heavy atom. The van der Waals surface area contributed by atoms with E-state index in [1.54, 1.807) is 12.3 Å². The van der Waals surface area contributed by atoms with Gasteiger partial charge in [-0.15, -0.1) is 0 Å². The molecule has 5 heteroatoms. The maximum absolute atomic E-state index is 12.1. The van der Waals surface area contributed by atoms with Gasteiger partial charge in [-0.2, -0.15) is 0 Å². The molecule has 0 spiro atoms. The quantitative estimate of drug-likeness (QED) is 0.516. The lowest BCUT2D eigenvalue weighted by Crippen LogP contribution is -2.46. The van der Waals surface area contributed by atoms with Gasteiger partial charge in [0.15, 0.2) is 0 Å². The van der Waals surface area contributed by atoms with E-state index in [1.807, 2.05) is 18.2 Å². The predicted molar refractivity (Wildman–Crippen MR) is 126 cm³/mol. The molecule has 5 rings (SSSR count). The summed E-state index contributed by atoms with van der Waals surface area (Å²) in [4.78, 5) is 14.7. The second kappa shape index (κ2) is 7.68. The van der Waals surface area contributed by atoms with E-state index in [4.69, 9.17) is 22.1 Å². The number of fused-ring (bicyclic) bond motifs is 1. The zero-order valence-corrected chi connectivity index (χ0v) is 18.6. The molecule has 3 aromatic rings. The molecule has 2 aliphatic rings. The van der Waals surface area contributed by atoms with Gasteiger partial charge < -0.3 is 15.5 Å². The average molecular weight is 437 g/mol. The van der Waals surface area contributed by atoms with Crippen molar-refractivity contribution >= 4 is 22.4 Å². The van der Waals surface area contributed by atoms with Crippen molar-refractivity contribution < 1.29 is 4.74 Å². The predicted octanol–water partition coefficient (Wildman–Crippen LogP) is 5.99. The number of benzene rings is 2. The Hall–Kier alpha value is -2.30. The van der Waals surface area contributed by atoms with Crippen molar-refractivity contribution in [3.8, 4) is 5.75 Å². The summed E-state index contributed by atoms with van der Waals surface area (Å²) >= 11 is 6.51. The lowest BCUT2D eigenvalue weighted by Gasteiger charge is -2.48. The lowest BCUT2D eigenvalue weighted by molar-refractivity contribution is -0.0182. The van der Waals surface area contributed by atoms with E-state index < -0.39 is 0 Å². The number of pyridine rings is 1. The fraction of sp³-hybridized carbons (Fsp3) is 0.423. The van der Waals surface area contributed by atoms with Crippen LogP contribution in [0, 0.1) is 11.3 Å². The Labute approximate surface area is 187 Å². The van der Waals surface area contributed by atoms with Gasteiger partial charge in [-0.1, -0.05) is 41.9 Å². The molecule has 2 aromatic carbocycles. The Kier molecular flexibility index (Phi) is 5.10. The van der Waals surface area contributed by atoms with Gasteiger partial charge in [0.1, 0.15) is 11.4 Å². The second-order valence-electron chi connectivity index (χ2n) is 9.62. The molecular weight excluding hydrogens is 408 g/mol. The highest BCUT2D eigenvalue weighted by molar-refractivity contribution is 6.32. The maximum atomic E-state index is 12.1. The van der Waals surface area contributed by atoms with Crippen molar-refractivity contribution in [3.05, 3.63) is 75.7 Å². The molecule has 1 aromatic heterocycles. The average Bonchev–Trinajstić information content (AvgIpc) is 3.62. The normalized spacial score (nSPS) is 27.2. The van der Waals surface area contributed by atoms with Crippen molar-refractivity contribution in [2.45, 2.75) is 57.1 Å². The first kappa shape index (κ1) is 20.6. The van der Waals surface area contributed by atoms with Crippen LogP contribution in [0.15, 0.2) is 59.5 Å². The largest absolute Gasteiger partial charge is 0.486 e. The lowest BCUT2D eigenvalue weighted by atomic mass is 9.61. The molecule has 0 saturated heterocycles. The summed E-state index contributed by atoms with van der Waals surface area (Å²) < 4.78 is 6.52. The molecule has 0 unspecified atom stereocenters.